The van der Waals surface area contributed by atoms with Crippen molar-refractivity contribution < 1.29 is 4.79 Å². The Kier molecular flexibility index (Phi) is 4.58. The van der Waals surface area contributed by atoms with E-state index >= 15 is 0 Å². The van der Waals surface area contributed by atoms with E-state index in [0.717, 1.165) is 37.4 Å². The number of nitrogens with zero attached hydrogens (tertiary/aromatic N) is 1. The number of carbonyl (C=O) groups excluding carboxylic acids is 1. The predicted molar refractivity (Wildman–Crippen MR) is 74.1 cm³/mol. The Balaban J connectivity index is 1.90. The molecule has 5 heteroatoms. The lowest BCUT2D eigenvalue weighted by Gasteiger charge is -2.26. The van der Waals surface area contributed by atoms with E-state index in [2.05, 4.69) is 15.5 Å². The van der Waals surface area contributed by atoms with Crippen molar-refractivity contribution in [3.05, 3.63) is 28.8 Å². The van der Waals surface area contributed by atoms with E-state index in [-0.39, 0.29) is 5.91 Å². The van der Waals surface area contributed by atoms with E-state index < -0.39 is 0 Å². The minimum absolute atomic E-state index is 0.0299. The molecule has 0 radical (unpaired) electrons. The second-order valence-corrected chi connectivity index (χ2v) is 4.97. The smallest absolute Gasteiger partial charge is 0.238 e. The van der Waals surface area contributed by atoms with Gasteiger partial charge in [-0.25, -0.2) is 0 Å². The number of hydrogen-bond donors (Lipinski definition) is 2. The highest BCUT2D eigenvalue weighted by Gasteiger charge is 2.13. The zero-order chi connectivity index (χ0) is 13.0. The number of nitrogens with one attached hydrogen (secondary N) is 2. The Morgan fingerprint density at radius 2 is 2.17 bits per heavy atom. The normalized spacial score (nSPS) is 16.6. The average Bonchev–Trinajstić information content (AvgIpc) is 2.34. The zero-order valence-electron chi connectivity index (χ0n) is 10.5. The highest BCUT2D eigenvalue weighted by atomic mass is 35.5. The molecule has 1 aliphatic rings. The molecule has 1 saturated heterocycles. The van der Waals surface area contributed by atoms with Gasteiger partial charge in [0.1, 0.15) is 0 Å². The number of anilines is 1. The van der Waals surface area contributed by atoms with Gasteiger partial charge in [-0.1, -0.05) is 11.6 Å². The summed E-state index contributed by atoms with van der Waals surface area (Å²) in [6.45, 7) is 6.14. The Hall–Kier alpha value is -1.10. The second-order valence-electron chi connectivity index (χ2n) is 4.53. The van der Waals surface area contributed by atoms with Crippen molar-refractivity contribution in [3.63, 3.8) is 0 Å². The third-order valence-corrected chi connectivity index (χ3v) is 3.27. The summed E-state index contributed by atoms with van der Waals surface area (Å²) in [6.07, 6.45) is 0. The summed E-state index contributed by atoms with van der Waals surface area (Å²) < 4.78 is 0. The number of piperazine rings is 1. The van der Waals surface area contributed by atoms with Gasteiger partial charge in [-0.15, -0.1) is 0 Å². The SMILES string of the molecule is Cc1cc(Cl)ccc1NC(=O)CN1CCNCC1. The minimum atomic E-state index is 0.0299. The molecule has 1 aromatic carbocycles. The van der Waals surface area contributed by atoms with Crippen LogP contribution in [0.3, 0.4) is 0 Å². The Morgan fingerprint density at radius 1 is 1.44 bits per heavy atom. The number of carbonyl (C=O) groups is 1. The summed E-state index contributed by atoms with van der Waals surface area (Å²) in [6, 6.07) is 5.48. The molecule has 0 aromatic heterocycles. The van der Waals surface area contributed by atoms with Crippen LogP contribution in [0.2, 0.25) is 5.02 Å². The van der Waals surface area contributed by atoms with Gasteiger partial charge < -0.3 is 10.6 Å². The van der Waals surface area contributed by atoms with Crippen molar-refractivity contribution in [2.75, 3.05) is 38.0 Å². The quantitative estimate of drug-likeness (QED) is 0.872. The maximum Gasteiger partial charge on any atom is 0.238 e. The molecule has 1 aromatic rings. The van der Waals surface area contributed by atoms with Crippen LogP contribution in [0.5, 0.6) is 0 Å². The van der Waals surface area contributed by atoms with Gasteiger partial charge in [0.2, 0.25) is 5.91 Å². The number of rotatable bonds is 3. The fourth-order valence-corrected chi connectivity index (χ4v) is 2.26. The second kappa shape index (κ2) is 6.18. The third-order valence-electron chi connectivity index (χ3n) is 3.04. The summed E-state index contributed by atoms with van der Waals surface area (Å²) in [5.74, 6) is 0.0299. The fraction of sp³-hybridized carbons (Fsp3) is 0.462. The first kappa shape index (κ1) is 13.3. The summed E-state index contributed by atoms with van der Waals surface area (Å²) in [5.41, 5.74) is 1.82. The van der Waals surface area contributed by atoms with Gasteiger partial charge in [-0.3, -0.25) is 9.69 Å². The maximum absolute atomic E-state index is 11.9. The number of hydrogen-bond acceptors (Lipinski definition) is 3. The molecule has 18 heavy (non-hydrogen) atoms. The van der Waals surface area contributed by atoms with Crippen molar-refractivity contribution >= 4 is 23.2 Å². The van der Waals surface area contributed by atoms with Crippen molar-refractivity contribution in [2.45, 2.75) is 6.92 Å². The van der Waals surface area contributed by atoms with E-state index in [4.69, 9.17) is 11.6 Å². The molecule has 0 aliphatic carbocycles. The molecule has 1 fully saturated rings. The number of halogens is 1. The molecule has 1 aliphatic heterocycles. The van der Waals surface area contributed by atoms with Crippen LogP contribution in [0.25, 0.3) is 0 Å². The number of amides is 1. The molecule has 4 nitrogen and oxygen atoms in total. The molecule has 0 spiro atoms. The van der Waals surface area contributed by atoms with Gasteiger partial charge in [-0.2, -0.15) is 0 Å². The molecule has 0 saturated carbocycles. The molecule has 1 amide bonds. The molecule has 2 rings (SSSR count). The Bertz CT molecular complexity index is 430. The molecule has 0 atom stereocenters. The third kappa shape index (κ3) is 3.70. The standard InChI is InChI=1S/C13H18ClN3O/c1-10-8-11(14)2-3-12(10)16-13(18)9-17-6-4-15-5-7-17/h2-3,8,15H,4-7,9H2,1H3,(H,16,18). The van der Waals surface area contributed by atoms with Crippen LogP contribution >= 0.6 is 11.6 Å². The summed E-state index contributed by atoms with van der Waals surface area (Å²) in [7, 11) is 0. The highest BCUT2D eigenvalue weighted by molar-refractivity contribution is 6.30. The van der Waals surface area contributed by atoms with Crippen LogP contribution in [0.1, 0.15) is 5.56 Å². The number of aryl methyl sites for hydroxylation is 1. The van der Waals surface area contributed by atoms with E-state index in [1.807, 2.05) is 19.1 Å². The van der Waals surface area contributed by atoms with Crippen molar-refractivity contribution in [1.82, 2.24) is 10.2 Å². The van der Waals surface area contributed by atoms with Gasteiger partial charge in [0, 0.05) is 36.9 Å². The molecule has 2 N–H and O–H groups in total. The minimum Gasteiger partial charge on any atom is -0.325 e. The fourth-order valence-electron chi connectivity index (χ4n) is 2.03. The molecule has 0 bridgehead atoms. The van der Waals surface area contributed by atoms with Crippen molar-refractivity contribution in [2.24, 2.45) is 0 Å². The lowest BCUT2D eigenvalue weighted by atomic mass is 10.2. The Morgan fingerprint density at radius 3 is 2.83 bits per heavy atom. The first-order chi connectivity index (χ1) is 8.65. The number of benzene rings is 1. The van der Waals surface area contributed by atoms with Crippen LogP contribution in [0.4, 0.5) is 5.69 Å². The molecule has 98 valence electrons. The van der Waals surface area contributed by atoms with E-state index in [0.29, 0.717) is 11.6 Å². The van der Waals surface area contributed by atoms with Gasteiger partial charge in [0.25, 0.3) is 0 Å². The molecular formula is C13H18ClN3O. The van der Waals surface area contributed by atoms with Crippen LogP contribution in [-0.4, -0.2) is 43.5 Å². The predicted octanol–water partition coefficient (Wildman–Crippen LogP) is 1.49. The largest absolute Gasteiger partial charge is 0.325 e. The average molecular weight is 268 g/mol. The molecule has 1 heterocycles. The van der Waals surface area contributed by atoms with Gasteiger partial charge >= 0.3 is 0 Å². The van der Waals surface area contributed by atoms with E-state index in [9.17, 15) is 4.79 Å². The van der Waals surface area contributed by atoms with Crippen LogP contribution < -0.4 is 10.6 Å². The van der Waals surface area contributed by atoms with Crippen molar-refractivity contribution in [3.8, 4) is 0 Å². The summed E-state index contributed by atoms with van der Waals surface area (Å²) in [4.78, 5) is 14.1. The van der Waals surface area contributed by atoms with Crippen LogP contribution in [-0.2, 0) is 4.79 Å². The topological polar surface area (TPSA) is 44.4 Å². The van der Waals surface area contributed by atoms with Crippen molar-refractivity contribution in [1.29, 1.82) is 0 Å². The maximum atomic E-state index is 11.9. The lowest BCUT2D eigenvalue weighted by molar-refractivity contribution is -0.117. The first-order valence-corrected chi connectivity index (χ1v) is 6.52. The molecular weight excluding hydrogens is 250 g/mol. The van der Waals surface area contributed by atoms with E-state index in [1.54, 1.807) is 6.07 Å². The van der Waals surface area contributed by atoms with Gasteiger partial charge in [-0.05, 0) is 30.7 Å². The lowest BCUT2D eigenvalue weighted by Crippen LogP contribution is -2.46. The van der Waals surface area contributed by atoms with Crippen LogP contribution in [0.15, 0.2) is 18.2 Å². The van der Waals surface area contributed by atoms with Crippen LogP contribution in [0, 0.1) is 6.92 Å². The van der Waals surface area contributed by atoms with Gasteiger partial charge in [0.15, 0.2) is 0 Å². The monoisotopic (exact) mass is 267 g/mol. The van der Waals surface area contributed by atoms with Gasteiger partial charge in [0.05, 0.1) is 6.54 Å². The first-order valence-electron chi connectivity index (χ1n) is 6.14. The molecule has 0 unspecified atom stereocenters. The highest BCUT2D eigenvalue weighted by Crippen LogP contribution is 2.19. The summed E-state index contributed by atoms with van der Waals surface area (Å²) in [5, 5.41) is 6.88. The Labute approximate surface area is 112 Å². The van der Waals surface area contributed by atoms with E-state index in [1.165, 1.54) is 0 Å². The zero-order valence-corrected chi connectivity index (χ0v) is 11.3. The summed E-state index contributed by atoms with van der Waals surface area (Å²) >= 11 is 5.88.